The summed E-state index contributed by atoms with van der Waals surface area (Å²) in [6.45, 7) is 5.66. The summed E-state index contributed by atoms with van der Waals surface area (Å²) >= 11 is 0. The topological polar surface area (TPSA) is 49.3 Å². The van der Waals surface area contributed by atoms with E-state index < -0.39 is 5.60 Å². The molecule has 0 spiro atoms. The van der Waals surface area contributed by atoms with Gasteiger partial charge in [0.2, 0.25) is 5.91 Å². The zero-order chi connectivity index (χ0) is 12.9. The number of aliphatic hydroxyl groups is 1. The van der Waals surface area contributed by atoms with E-state index in [2.05, 4.69) is 5.32 Å². The Labute approximate surface area is 103 Å². The second-order valence-corrected chi connectivity index (χ2v) is 5.11. The third-order valence-electron chi connectivity index (χ3n) is 2.58. The minimum Gasteiger partial charge on any atom is -0.389 e. The summed E-state index contributed by atoms with van der Waals surface area (Å²) in [5, 5.41) is 12.2. The molecule has 1 rings (SSSR count). The summed E-state index contributed by atoms with van der Waals surface area (Å²) in [6, 6.07) is 9.95. The van der Waals surface area contributed by atoms with Crippen molar-refractivity contribution in [1.29, 1.82) is 0 Å². The number of rotatable bonds is 5. The van der Waals surface area contributed by atoms with Crippen LogP contribution < -0.4 is 5.32 Å². The molecule has 0 radical (unpaired) electrons. The highest BCUT2D eigenvalue weighted by molar-refractivity contribution is 5.76. The lowest BCUT2D eigenvalue weighted by Crippen LogP contribution is -2.38. The number of amides is 1. The molecular weight excluding hydrogens is 214 g/mol. The fraction of sp³-hybridized carbons (Fsp3) is 0.500. The van der Waals surface area contributed by atoms with Gasteiger partial charge in [0.15, 0.2) is 0 Å². The van der Waals surface area contributed by atoms with Crippen LogP contribution in [0.2, 0.25) is 0 Å². The Bertz CT molecular complexity index is 354. The van der Waals surface area contributed by atoms with Gasteiger partial charge in [-0.05, 0) is 25.3 Å². The van der Waals surface area contributed by atoms with E-state index in [1.165, 1.54) is 0 Å². The highest BCUT2D eigenvalue weighted by Crippen LogP contribution is 2.18. The minimum absolute atomic E-state index is 0.0246. The second kappa shape index (κ2) is 5.82. The Kier molecular flexibility index (Phi) is 4.70. The van der Waals surface area contributed by atoms with E-state index in [1.807, 2.05) is 37.3 Å². The van der Waals surface area contributed by atoms with E-state index in [4.69, 9.17) is 0 Å². The van der Waals surface area contributed by atoms with E-state index in [1.54, 1.807) is 13.8 Å². The van der Waals surface area contributed by atoms with Crippen molar-refractivity contribution in [2.75, 3.05) is 6.54 Å². The highest BCUT2D eigenvalue weighted by atomic mass is 16.3. The molecule has 3 nitrogen and oxygen atoms in total. The summed E-state index contributed by atoms with van der Waals surface area (Å²) < 4.78 is 0. The molecule has 1 amide bonds. The fourth-order valence-electron chi connectivity index (χ4n) is 1.56. The van der Waals surface area contributed by atoms with E-state index in [0.717, 1.165) is 5.56 Å². The molecule has 1 aromatic rings. The van der Waals surface area contributed by atoms with Gasteiger partial charge >= 0.3 is 0 Å². The Morgan fingerprint density at radius 2 is 1.94 bits per heavy atom. The van der Waals surface area contributed by atoms with Crippen molar-refractivity contribution < 1.29 is 9.90 Å². The van der Waals surface area contributed by atoms with Gasteiger partial charge in [-0.3, -0.25) is 4.79 Å². The van der Waals surface area contributed by atoms with Gasteiger partial charge in [-0.1, -0.05) is 37.3 Å². The van der Waals surface area contributed by atoms with Crippen LogP contribution in [-0.2, 0) is 4.79 Å². The molecule has 0 saturated heterocycles. The lowest BCUT2D eigenvalue weighted by molar-refractivity contribution is -0.122. The molecule has 0 aliphatic carbocycles. The van der Waals surface area contributed by atoms with E-state index in [-0.39, 0.29) is 18.4 Å². The quantitative estimate of drug-likeness (QED) is 0.820. The summed E-state index contributed by atoms with van der Waals surface area (Å²) in [6.07, 6.45) is 0.445. The molecule has 0 aliphatic rings. The molecular formula is C14H21NO2. The van der Waals surface area contributed by atoms with Gasteiger partial charge in [0, 0.05) is 13.0 Å². The maximum absolute atomic E-state index is 11.7. The first kappa shape index (κ1) is 13.7. The first-order valence-corrected chi connectivity index (χ1v) is 5.92. The van der Waals surface area contributed by atoms with E-state index in [0.29, 0.717) is 6.42 Å². The van der Waals surface area contributed by atoms with Crippen molar-refractivity contribution in [3.63, 3.8) is 0 Å². The summed E-state index contributed by atoms with van der Waals surface area (Å²) in [4.78, 5) is 11.7. The fourth-order valence-corrected chi connectivity index (χ4v) is 1.56. The number of hydrogen-bond donors (Lipinski definition) is 2. The Morgan fingerprint density at radius 1 is 1.35 bits per heavy atom. The maximum Gasteiger partial charge on any atom is 0.220 e. The number of hydrogen-bond acceptors (Lipinski definition) is 2. The van der Waals surface area contributed by atoms with Gasteiger partial charge in [0.05, 0.1) is 5.60 Å². The van der Waals surface area contributed by atoms with Gasteiger partial charge in [-0.25, -0.2) is 0 Å². The maximum atomic E-state index is 11.7. The van der Waals surface area contributed by atoms with Gasteiger partial charge in [-0.15, -0.1) is 0 Å². The number of benzene rings is 1. The van der Waals surface area contributed by atoms with Crippen LogP contribution in [-0.4, -0.2) is 23.2 Å². The van der Waals surface area contributed by atoms with Crippen LogP contribution in [0.25, 0.3) is 0 Å². The number of carbonyl (C=O) groups is 1. The molecule has 3 heteroatoms. The molecule has 17 heavy (non-hydrogen) atoms. The van der Waals surface area contributed by atoms with Crippen LogP contribution in [0.3, 0.4) is 0 Å². The van der Waals surface area contributed by atoms with Gasteiger partial charge in [-0.2, -0.15) is 0 Å². The largest absolute Gasteiger partial charge is 0.389 e. The Hall–Kier alpha value is -1.35. The first-order valence-electron chi connectivity index (χ1n) is 5.92. The Balaban J connectivity index is 2.42. The third-order valence-corrected chi connectivity index (χ3v) is 2.58. The van der Waals surface area contributed by atoms with Crippen LogP contribution in [0.1, 0.15) is 38.7 Å². The van der Waals surface area contributed by atoms with Crippen LogP contribution in [0.4, 0.5) is 0 Å². The summed E-state index contributed by atoms with van der Waals surface area (Å²) in [5.74, 6) is 0.168. The number of carbonyl (C=O) groups excluding carboxylic acids is 1. The van der Waals surface area contributed by atoms with Crippen LogP contribution in [0, 0.1) is 0 Å². The van der Waals surface area contributed by atoms with Gasteiger partial charge in [0.25, 0.3) is 0 Å². The molecule has 1 unspecified atom stereocenters. The van der Waals surface area contributed by atoms with Crippen molar-refractivity contribution >= 4 is 5.91 Å². The van der Waals surface area contributed by atoms with Gasteiger partial charge in [0.1, 0.15) is 0 Å². The molecule has 0 heterocycles. The van der Waals surface area contributed by atoms with Crippen molar-refractivity contribution in [1.82, 2.24) is 5.32 Å². The zero-order valence-corrected chi connectivity index (χ0v) is 10.7. The predicted molar refractivity (Wildman–Crippen MR) is 68.8 cm³/mol. The molecule has 94 valence electrons. The first-order chi connectivity index (χ1) is 7.88. The smallest absolute Gasteiger partial charge is 0.220 e. The normalized spacial score (nSPS) is 13.2. The molecule has 0 aliphatic heterocycles. The lowest BCUT2D eigenvalue weighted by atomic mass is 9.97. The second-order valence-electron chi connectivity index (χ2n) is 5.11. The monoisotopic (exact) mass is 235 g/mol. The molecule has 0 fully saturated rings. The van der Waals surface area contributed by atoms with Crippen LogP contribution in [0.5, 0.6) is 0 Å². The SMILES string of the molecule is CC(CC(=O)NCC(C)(C)O)c1ccccc1. The standard InChI is InChI=1S/C14H21NO2/c1-11(12-7-5-4-6-8-12)9-13(16)15-10-14(2,3)17/h4-8,11,17H,9-10H2,1-3H3,(H,15,16). The predicted octanol–water partition coefficient (Wildman–Crippen LogP) is 2.07. The Morgan fingerprint density at radius 3 is 2.47 bits per heavy atom. The summed E-state index contributed by atoms with van der Waals surface area (Å²) in [7, 11) is 0. The molecule has 2 N–H and O–H groups in total. The average molecular weight is 235 g/mol. The van der Waals surface area contributed by atoms with E-state index >= 15 is 0 Å². The van der Waals surface area contributed by atoms with Gasteiger partial charge < -0.3 is 10.4 Å². The van der Waals surface area contributed by atoms with Crippen molar-refractivity contribution in [2.24, 2.45) is 0 Å². The molecule has 0 saturated carbocycles. The van der Waals surface area contributed by atoms with Crippen LogP contribution >= 0.6 is 0 Å². The molecule has 1 atom stereocenters. The number of nitrogens with one attached hydrogen (secondary N) is 1. The van der Waals surface area contributed by atoms with Crippen molar-refractivity contribution in [3.8, 4) is 0 Å². The third kappa shape index (κ3) is 5.50. The average Bonchev–Trinajstić information content (AvgIpc) is 2.27. The molecule has 1 aromatic carbocycles. The zero-order valence-electron chi connectivity index (χ0n) is 10.7. The van der Waals surface area contributed by atoms with Crippen molar-refractivity contribution in [2.45, 2.75) is 38.7 Å². The molecule has 0 bridgehead atoms. The minimum atomic E-state index is -0.856. The lowest BCUT2D eigenvalue weighted by Gasteiger charge is -2.18. The molecule has 0 aromatic heterocycles. The summed E-state index contributed by atoms with van der Waals surface area (Å²) in [5.41, 5.74) is 0.303. The van der Waals surface area contributed by atoms with Crippen molar-refractivity contribution in [3.05, 3.63) is 35.9 Å². The van der Waals surface area contributed by atoms with Crippen LogP contribution in [0.15, 0.2) is 30.3 Å². The van der Waals surface area contributed by atoms with E-state index in [9.17, 15) is 9.90 Å². The highest BCUT2D eigenvalue weighted by Gasteiger charge is 2.15.